The first-order chi connectivity index (χ1) is 13.2. The number of fused-ring (bicyclic) bond motifs is 2. The van der Waals surface area contributed by atoms with Crippen LogP contribution in [0.1, 0.15) is 16.1 Å². The highest BCUT2D eigenvalue weighted by atomic mass is 32.1. The average molecular weight is 378 g/mol. The molecule has 3 aromatic rings. The minimum Gasteiger partial charge on any atom is -0.452 e. The number of nitrogens with zero attached hydrogens (tertiary/aromatic N) is 2. The Balaban J connectivity index is 1.30. The highest BCUT2D eigenvalue weighted by Crippen LogP contribution is 2.22. The van der Waals surface area contributed by atoms with Crippen molar-refractivity contribution < 1.29 is 14.3 Å². The van der Waals surface area contributed by atoms with E-state index in [1.807, 2.05) is 42.5 Å². The van der Waals surface area contributed by atoms with Crippen LogP contribution in [0, 0.1) is 0 Å². The molecule has 1 aromatic heterocycles. The molecule has 0 radical (unpaired) electrons. The van der Waals surface area contributed by atoms with E-state index < -0.39 is 5.97 Å². The van der Waals surface area contributed by atoms with Gasteiger partial charge < -0.3 is 9.64 Å². The third kappa shape index (κ3) is 4.06. The lowest BCUT2D eigenvalue weighted by atomic mass is 10.00. The van der Waals surface area contributed by atoms with Crippen molar-refractivity contribution in [3.05, 3.63) is 70.7 Å². The second kappa shape index (κ2) is 7.72. The summed E-state index contributed by atoms with van der Waals surface area (Å²) in [7, 11) is 0. The molecule has 0 spiro atoms. The summed E-state index contributed by atoms with van der Waals surface area (Å²) in [5.74, 6) is -0.716. The van der Waals surface area contributed by atoms with Gasteiger partial charge in [-0.1, -0.05) is 36.4 Å². The maximum atomic E-state index is 12.3. The number of rotatable bonds is 4. The lowest BCUT2D eigenvalue weighted by Crippen LogP contribution is -2.38. The van der Waals surface area contributed by atoms with Gasteiger partial charge >= 0.3 is 5.97 Å². The van der Waals surface area contributed by atoms with Crippen LogP contribution in [-0.4, -0.2) is 34.9 Å². The number of benzene rings is 2. The number of hydrogen-bond acceptors (Lipinski definition) is 5. The molecule has 1 amide bonds. The van der Waals surface area contributed by atoms with Gasteiger partial charge in [-0.2, -0.15) is 0 Å². The largest absolute Gasteiger partial charge is 0.452 e. The van der Waals surface area contributed by atoms with Crippen molar-refractivity contribution in [2.75, 3.05) is 13.2 Å². The van der Waals surface area contributed by atoms with Crippen molar-refractivity contribution in [3.63, 3.8) is 0 Å². The molecule has 5 nitrogen and oxygen atoms in total. The first kappa shape index (κ1) is 17.4. The van der Waals surface area contributed by atoms with Gasteiger partial charge in [-0.25, -0.2) is 9.78 Å². The van der Waals surface area contributed by atoms with Crippen molar-refractivity contribution >= 4 is 39.5 Å². The molecule has 0 aliphatic carbocycles. The molecular weight excluding hydrogens is 360 g/mol. The van der Waals surface area contributed by atoms with Gasteiger partial charge in [-0.15, -0.1) is 11.3 Å². The normalized spacial score (nSPS) is 13.7. The molecule has 0 saturated carbocycles. The van der Waals surface area contributed by atoms with Crippen molar-refractivity contribution in [2.24, 2.45) is 0 Å². The van der Waals surface area contributed by atoms with Crippen molar-refractivity contribution in [3.8, 4) is 0 Å². The van der Waals surface area contributed by atoms with E-state index in [0.29, 0.717) is 13.1 Å². The number of carbonyl (C=O) groups is 2. The Morgan fingerprint density at radius 1 is 1.11 bits per heavy atom. The fraction of sp³-hybridized carbons (Fsp3) is 0.190. The molecule has 2 heterocycles. The van der Waals surface area contributed by atoms with Crippen LogP contribution in [-0.2, 0) is 27.3 Å². The topological polar surface area (TPSA) is 59.5 Å². The molecule has 0 fully saturated rings. The number of thiazole rings is 1. The van der Waals surface area contributed by atoms with Gasteiger partial charge in [0, 0.05) is 19.2 Å². The monoisotopic (exact) mass is 378 g/mol. The minimum absolute atomic E-state index is 0.175. The second-order valence-corrected chi connectivity index (χ2v) is 7.36. The fourth-order valence-corrected chi connectivity index (χ4v) is 3.95. The lowest BCUT2D eigenvalue weighted by molar-refractivity contribution is -0.148. The van der Waals surface area contributed by atoms with Gasteiger partial charge in [0.2, 0.25) is 0 Å². The molecular formula is C21H18N2O3S. The third-order valence-electron chi connectivity index (χ3n) is 4.49. The van der Waals surface area contributed by atoms with Gasteiger partial charge in [0.25, 0.3) is 5.91 Å². The highest BCUT2D eigenvalue weighted by Gasteiger charge is 2.20. The zero-order valence-corrected chi connectivity index (χ0v) is 15.4. The van der Waals surface area contributed by atoms with E-state index in [1.54, 1.807) is 11.0 Å². The molecule has 6 heteroatoms. The Bertz CT molecular complexity index is 992. The molecule has 0 atom stereocenters. The summed E-state index contributed by atoms with van der Waals surface area (Å²) < 4.78 is 6.16. The van der Waals surface area contributed by atoms with E-state index in [2.05, 4.69) is 11.1 Å². The summed E-state index contributed by atoms with van der Waals surface area (Å²) in [6.45, 7) is 0.966. The predicted octanol–water partition coefficient (Wildman–Crippen LogP) is 3.44. The van der Waals surface area contributed by atoms with Crippen molar-refractivity contribution in [1.82, 2.24) is 9.88 Å². The molecule has 0 saturated heterocycles. The van der Waals surface area contributed by atoms with Crippen LogP contribution in [0.2, 0.25) is 0 Å². The molecule has 0 N–H and O–H groups in total. The molecule has 0 bridgehead atoms. The fourth-order valence-electron chi connectivity index (χ4n) is 3.08. The van der Waals surface area contributed by atoms with Gasteiger partial charge in [-0.3, -0.25) is 4.79 Å². The predicted molar refractivity (Wildman–Crippen MR) is 105 cm³/mol. The van der Waals surface area contributed by atoms with Crippen LogP contribution in [0.5, 0.6) is 0 Å². The Labute approximate surface area is 160 Å². The van der Waals surface area contributed by atoms with E-state index >= 15 is 0 Å². The van der Waals surface area contributed by atoms with E-state index in [1.165, 1.54) is 23.0 Å². The van der Waals surface area contributed by atoms with Crippen LogP contribution in [0.15, 0.2) is 54.6 Å². The first-order valence-corrected chi connectivity index (χ1v) is 9.56. The Morgan fingerprint density at radius 3 is 2.74 bits per heavy atom. The van der Waals surface area contributed by atoms with Gasteiger partial charge in [0.15, 0.2) is 6.61 Å². The number of ether oxygens (including phenoxy) is 1. The molecule has 1 aliphatic rings. The van der Waals surface area contributed by atoms with Crippen LogP contribution >= 0.6 is 11.3 Å². The summed E-state index contributed by atoms with van der Waals surface area (Å²) in [4.78, 5) is 30.4. The number of para-hydroxylation sites is 1. The maximum Gasteiger partial charge on any atom is 0.331 e. The summed E-state index contributed by atoms with van der Waals surface area (Å²) in [5.41, 5.74) is 3.33. The zero-order chi connectivity index (χ0) is 18.6. The molecule has 27 heavy (non-hydrogen) atoms. The van der Waals surface area contributed by atoms with Crippen LogP contribution < -0.4 is 0 Å². The smallest absolute Gasteiger partial charge is 0.331 e. The summed E-state index contributed by atoms with van der Waals surface area (Å²) in [6, 6.07) is 15.9. The van der Waals surface area contributed by atoms with Gasteiger partial charge in [0.05, 0.1) is 10.2 Å². The third-order valence-corrected chi connectivity index (χ3v) is 5.50. The van der Waals surface area contributed by atoms with Crippen LogP contribution in [0.4, 0.5) is 0 Å². The highest BCUT2D eigenvalue weighted by molar-refractivity contribution is 7.19. The maximum absolute atomic E-state index is 12.3. The number of hydrogen-bond donors (Lipinski definition) is 0. The Morgan fingerprint density at radius 2 is 1.89 bits per heavy atom. The number of esters is 1. The van der Waals surface area contributed by atoms with E-state index in [4.69, 9.17) is 4.74 Å². The SMILES string of the molecule is O=C(C=Cc1nc2ccccc2s1)OCC(=O)N1CCc2ccccc2C1. The Hall–Kier alpha value is -2.99. The quantitative estimate of drug-likeness (QED) is 0.515. The Kier molecular flexibility index (Phi) is 4.98. The van der Waals surface area contributed by atoms with Crippen molar-refractivity contribution in [1.29, 1.82) is 0 Å². The van der Waals surface area contributed by atoms with E-state index in [9.17, 15) is 9.59 Å². The van der Waals surface area contributed by atoms with Crippen molar-refractivity contribution in [2.45, 2.75) is 13.0 Å². The zero-order valence-electron chi connectivity index (χ0n) is 14.6. The summed E-state index contributed by atoms with van der Waals surface area (Å²) in [6.07, 6.45) is 3.76. The standard InChI is InChI=1S/C21H18N2O3S/c24-20(23-12-11-15-5-1-2-6-16(15)13-23)14-26-21(25)10-9-19-22-17-7-3-4-8-18(17)27-19/h1-10H,11-14H2. The molecule has 4 rings (SSSR count). The molecule has 0 unspecified atom stereocenters. The molecule has 136 valence electrons. The summed E-state index contributed by atoms with van der Waals surface area (Å²) >= 11 is 1.50. The van der Waals surface area contributed by atoms with E-state index in [-0.39, 0.29) is 12.5 Å². The van der Waals surface area contributed by atoms with E-state index in [0.717, 1.165) is 27.2 Å². The second-order valence-electron chi connectivity index (χ2n) is 6.29. The van der Waals surface area contributed by atoms with Crippen LogP contribution in [0.25, 0.3) is 16.3 Å². The minimum atomic E-state index is -0.542. The molecule has 1 aliphatic heterocycles. The van der Waals surface area contributed by atoms with Gasteiger partial charge in [0.1, 0.15) is 5.01 Å². The summed E-state index contributed by atoms with van der Waals surface area (Å²) in [5, 5.41) is 0.729. The number of carbonyl (C=O) groups excluding carboxylic acids is 2. The molecule has 2 aromatic carbocycles. The number of amides is 1. The van der Waals surface area contributed by atoms with Gasteiger partial charge in [-0.05, 0) is 35.8 Å². The number of aromatic nitrogens is 1. The lowest BCUT2D eigenvalue weighted by Gasteiger charge is -2.28. The van der Waals surface area contributed by atoms with Crippen LogP contribution in [0.3, 0.4) is 0 Å². The first-order valence-electron chi connectivity index (χ1n) is 8.74. The average Bonchev–Trinajstić information content (AvgIpc) is 3.13.